The van der Waals surface area contributed by atoms with E-state index in [1.54, 1.807) is 12.1 Å². The largest absolute Gasteiger partial charge is 0.504 e. The highest BCUT2D eigenvalue weighted by Crippen LogP contribution is 2.35. The fraction of sp³-hybridized carbons (Fsp3) is 0.188. The Morgan fingerprint density at radius 2 is 2.00 bits per heavy atom. The number of fused-ring (bicyclic) bond motifs is 1. The van der Waals surface area contributed by atoms with Crippen LogP contribution >= 0.6 is 11.6 Å². The van der Waals surface area contributed by atoms with E-state index in [9.17, 15) is 19.4 Å². The molecule has 1 heterocycles. The molecular formula is C16H13ClFNO3. The Morgan fingerprint density at radius 1 is 1.23 bits per heavy atom. The van der Waals surface area contributed by atoms with Crippen molar-refractivity contribution in [1.82, 2.24) is 4.90 Å². The number of aromatic hydroxyl groups is 2. The van der Waals surface area contributed by atoms with E-state index < -0.39 is 11.6 Å². The number of benzene rings is 2. The van der Waals surface area contributed by atoms with Crippen LogP contribution in [0.25, 0.3) is 0 Å². The number of amides is 1. The molecule has 1 amide bonds. The Bertz CT molecular complexity index is 763. The Morgan fingerprint density at radius 3 is 2.73 bits per heavy atom. The molecule has 0 radical (unpaired) electrons. The van der Waals surface area contributed by atoms with Crippen molar-refractivity contribution < 1.29 is 19.4 Å². The van der Waals surface area contributed by atoms with Gasteiger partial charge in [0.1, 0.15) is 5.82 Å². The number of carbonyl (C=O) groups excluding carboxylic acids is 1. The lowest BCUT2D eigenvalue weighted by atomic mass is 9.97. The van der Waals surface area contributed by atoms with Gasteiger partial charge in [-0.3, -0.25) is 4.79 Å². The summed E-state index contributed by atoms with van der Waals surface area (Å²) in [4.78, 5) is 14.0. The first-order chi connectivity index (χ1) is 10.5. The summed E-state index contributed by atoms with van der Waals surface area (Å²) in [6, 6.07) is 7.29. The van der Waals surface area contributed by atoms with Crippen LogP contribution in [-0.2, 0) is 13.0 Å². The highest BCUT2D eigenvalue weighted by Gasteiger charge is 2.28. The number of hydrogen-bond acceptors (Lipinski definition) is 3. The molecule has 22 heavy (non-hydrogen) atoms. The summed E-state index contributed by atoms with van der Waals surface area (Å²) in [7, 11) is 0. The summed E-state index contributed by atoms with van der Waals surface area (Å²) in [6.07, 6.45) is 0.573. The fourth-order valence-electron chi connectivity index (χ4n) is 2.59. The lowest BCUT2D eigenvalue weighted by Crippen LogP contribution is -2.37. The summed E-state index contributed by atoms with van der Waals surface area (Å²) in [5.74, 6) is -1.60. The van der Waals surface area contributed by atoms with Crippen LogP contribution in [0.1, 0.15) is 21.5 Å². The van der Waals surface area contributed by atoms with Crippen molar-refractivity contribution in [1.29, 1.82) is 0 Å². The van der Waals surface area contributed by atoms with Crippen LogP contribution in [-0.4, -0.2) is 27.6 Å². The predicted octanol–water partition coefficient (Wildman–Crippen LogP) is 3.09. The molecule has 0 saturated heterocycles. The zero-order valence-corrected chi connectivity index (χ0v) is 12.3. The van der Waals surface area contributed by atoms with Gasteiger partial charge in [-0.25, -0.2) is 4.39 Å². The van der Waals surface area contributed by atoms with Gasteiger partial charge in [-0.05, 0) is 35.7 Å². The quantitative estimate of drug-likeness (QED) is 0.836. The van der Waals surface area contributed by atoms with E-state index in [0.29, 0.717) is 24.1 Å². The molecule has 6 heteroatoms. The normalized spacial score (nSPS) is 14.1. The predicted molar refractivity (Wildman–Crippen MR) is 79.6 cm³/mol. The smallest absolute Gasteiger partial charge is 0.258 e. The third kappa shape index (κ3) is 2.48. The maximum Gasteiger partial charge on any atom is 0.258 e. The molecule has 114 valence electrons. The van der Waals surface area contributed by atoms with Crippen molar-refractivity contribution in [2.24, 2.45) is 0 Å². The number of rotatable bonds is 2. The maximum atomic E-state index is 13.2. The number of phenolic OH excluding ortho intramolecular Hbond substituents is 2. The number of nitrogens with zero attached hydrogens (tertiary/aromatic N) is 1. The minimum Gasteiger partial charge on any atom is -0.504 e. The van der Waals surface area contributed by atoms with Crippen molar-refractivity contribution in [3.05, 3.63) is 57.9 Å². The molecule has 0 unspecified atom stereocenters. The highest BCUT2D eigenvalue weighted by molar-refractivity contribution is 6.30. The number of halogens is 2. The number of hydrogen-bond donors (Lipinski definition) is 2. The minimum atomic E-state index is -0.511. The van der Waals surface area contributed by atoms with E-state index in [-0.39, 0.29) is 28.8 Å². The number of phenols is 2. The van der Waals surface area contributed by atoms with E-state index in [4.69, 9.17) is 11.6 Å². The summed E-state index contributed by atoms with van der Waals surface area (Å²) in [5.41, 5.74) is 1.52. The molecule has 0 aliphatic carbocycles. The molecule has 2 aromatic carbocycles. The highest BCUT2D eigenvalue weighted by atomic mass is 35.5. The van der Waals surface area contributed by atoms with E-state index in [1.165, 1.54) is 23.1 Å². The van der Waals surface area contributed by atoms with Gasteiger partial charge in [0.25, 0.3) is 5.91 Å². The molecule has 0 saturated carbocycles. The number of carbonyl (C=O) groups is 1. The van der Waals surface area contributed by atoms with Crippen LogP contribution in [0.5, 0.6) is 11.5 Å². The monoisotopic (exact) mass is 321 g/mol. The van der Waals surface area contributed by atoms with Crippen molar-refractivity contribution in [2.75, 3.05) is 6.54 Å². The molecule has 0 bridgehead atoms. The van der Waals surface area contributed by atoms with Gasteiger partial charge in [0, 0.05) is 13.1 Å². The van der Waals surface area contributed by atoms with Gasteiger partial charge < -0.3 is 15.1 Å². The third-order valence-corrected chi connectivity index (χ3v) is 4.04. The van der Waals surface area contributed by atoms with Gasteiger partial charge in [0.05, 0.1) is 10.6 Å². The first-order valence-electron chi connectivity index (χ1n) is 6.74. The second kappa shape index (κ2) is 5.50. The van der Waals surface area contributed by atoms with Gasteiger partial charge in [0.2, 0.25) is 0 Å². The lowest BCUT2D eigenvalue weighted by Gasteiger charge is -2.29. The second-order valence-corrected chi connectivity index (χ2v) is 5.60. The molecule has 2 aromatic rings. The van der Waals surface area contributed by atoms with E-state index in [0.717, 1.165) is 0 Å². The first-order valence-corrected chi connectivity index (χ1v) is 7.12. The van der Waals surface area contributed by atoms with Crippen molar-refractivity contribution in [3.8, 4) is 11.5 Å². The van der Waals surface area contributed by atoms with Gasteiger partial charge >= 0.3 is 0 Å². The molecule has 3 rings (SSSR count). The average Bonchev–Trinajstić information content (AvgIpc) is 2.49. The summed E-state index contributed by atoms with van der Waals surface area (Å²) in [5, 5.41) is 19.5. The van der Waals surface area contributed by atoms with Crippen LogP contribution in [0.15, 0.2) is 30.3 Å². The average molecular weight is 322 g/mol. The molecule has 1 aliphatic heterocycles. The standard InChI is InChI=1S/C16H13ClFNO3/c17-11-7-9(1-3-12(11)18)8-19-6-5-10-2-4-13(20)15(21)14(10)16(19)22/h1-4,7,20-21H,5-6,8H2. The van der Waals surface area contributed by atoms with Gasteiger partial charge in [-0.1, -0.05) is 23.7 Å². The van der Waals surface area contributed by atoms with Gasteiger partial charge in [-0.2, -0.15) is 0 Å². The minimum absolute atomic E-state index is 0.00264. The Hall–Kier alpha value is -2.27. The molecular weight excluding hydrogens is 309 g/mol. The van der Waals surface area contributed by atoms with E-state index in [2.05, 4.69) is 0 Å². The van der Waals surface area contributed by atoms with Crippen LogP contribution in [0.4, 0.5) is 4.39 Å². The van der Waals surface area contributed by atoms with E-state index >= 15 is 0 Å². The topological polar surface area (TPSA) is 60.8 Å². The van der Waals surface area contributed by atoms with Crippen LogP contribution < -0.4 is 0 Å². The Labute approximate surface area is 131 Å². The van der Waals surface area contributed by atoms with Crippen molar-refractivity contribution in [2.45, 2.75) is 13.0 Å². The molecule has 4 nitrogen and oxygen atoms in total. The fourth-order valence-corrected chi connectivity index (χ4v) is 2.80. The summed E-state index contributed by atoms with van der Waals surface area (Å²) >= 11 is 5.74. The molecule has 0 aromatic heterocycles. The Balaban J connectivity index is 1.89. The molecule has 1 aliphatic rings. The molecule has 0 atom stereocenters. The SMILES string of the molecule is O=C1c2c(ccc(O)c2O)CCN1Cc1ccc(F)c(Cl)c1. The zero-order chi connectivity index (χ0) is 15.9. The second-order valence-electron chi connectivity index (χ2n) is 5.19. The maximum absolute atomic E-state index is 13.2. The van der Waals surface area contributed by atoms with Crippen LogP contribution in [0.3, 0.4) is 0 Å². The lowest BCUT2D eigenvalue weighted by molar-refractivity contribution is 0.0722. The van der Waals surface area contributed by atoms with Gasteiger partial charge in [0.15, 0.2) is 11.5 Å². The van der Waals surface area contributed by atoms with Crippen molar-refractivity contribution >= 4 is 17.5 Å². The van der Waals surface area contributed by atoms with Crippen LogP contribution in [0.2, 0.25) is 5.02 Å². The van der Waals surface area contributed by atoms with Crippen molar-refractivity contribution in [3.63, 3.8) is 0 Å². The first kappa shape index (κ1) is 14.7. The van der Waals surface area contributed by atoms with Gasteiger partial charge in [-0.15, -0.1) is 0 Å². The summed E-state index contributed by atoms with van der Waals surface area (Å²) in [6.45, 7) is 0.735. The molecule has 2 N–H and O–H groups in total. The molecule has 0 fully saturated rings. The molecule has 0 spiro atoms. The zero-order valence-electron chi connectivity index (χ0n) is 11.5. The van der Waals surface area contributed by atoms with E-state index in [1.807, 2.05) is 0 Å². The van der Waals surface area contributed by atoms with Crippen LogP contribution in [0, 0.1) is 5.82 Å². The summed E-state index contributed by atoms with van der Waals surface area (Å²) < 4.78 is 13.2. The Kier molecular flexibility index (Phi) is 3.66. The third-order valence-electron chi connectivity index (χ3n) is 3.75.